The number of rotatable bonds is 6. The molecule has 0 atom stereocenters. The number of nitro groups is 1. The van der Waals surface area contributed by atoms with Crippen molar-refractivity contribution in [1.82, 2.24) is 4.98 Å². The van der Waals surface area contributed by atoms with Gasteiger partial charge < -0.3 is 0 Å². The second-order valence-electron chi connectivity index (χ2n) is 6.88. The summed E-state index contributed by atoms with van der Waals surface area (Å²) in [5.41, 5.74) is 2.05. The van der Waals surface area contributed by atoms with E-state index in [1.807, 2.05) is 6.92 Å². The van der Waals surface area contributed by atoms with Crippen molar-refractivity contribution in [3.8, 4) is 0 Å². The number of hydrogen-bond acceptors (Lipinski definition) is 7. The molecule has 0 aliphatic heterocycles. The van der Waals surface area contributed by atoms with Crippen LogP contribution >= 0.6 is 11.3 Å². The molecule has 0 saturated heterocycles. The van der Waals surface area contributed by atoms with Gasteiger partial charge in [-0.2, -0.15) is 0 Å². The molecule has 0 unspecified atom stereocenters. The summed E-state index contributed by atoms with van der Waals surface area (Å²) in [6, 6.07) is 16.7. The zero-order valence-electron chi connectivity index (χ0n) is 16.6. The summed E-state index contributed by atoms with van der Waals surface area (Å²) >= 11 is 1.12. The van der Waals surface area contributed by atoms with Crippen LogP contribution in [0.15, 0.2) is 71.6 Å². The van der Waals surface area contributed by atoms with Gasteiger partial charge in [0.05, 0.1) is 20.0 Å². The van der Waals surface area contributed by atoms with Crippen LogP contribution in [0, 0.1) is 17.0 Å². The molecule has 32 heavy (non-hydrogen) atoms. The van der Waals surface area contributed by atoms with E-state index in [-0.39, 0.29) is 10.6 Å². The number of nitro benzene ring substituents is 1. The van der Waals surface area contributed by atoms with E-state index >= 15 is 0 Å². The Bertz CT molecular complexity index is 1430. The quantitative estimate of drug-likeness (QED) is 0.315. The average molecular weight is 469 g/mol. The van der Waals surface area contributed by atoms with Crippen LogP contribution in [0.5, 0.6) is 0 Å². The number of aromatic nitrogens is 1. The van der Waals surface area contributed by atoms with Crippen LogP contribution in [-0.4, -0.2) is 24.2 Å². The zero-order valence-corrected chi connectivity index (χ0v) is 18.2. The Balaban J connectivity index is 1.47. The standard InChI is InChI=1S/C21H16N4O5S2/c1-13-2-9-17(10-3-13)32(29,30)24-15-6-4-14(5-7-15)20(26)23-21-22-18-11-8-16(25(27)28)12-19(18)31-21/h2-12,24H,1H3,(H,22,23,26). The van der Waals surface area contributed by atoms with E-state index in [1.54, 1.807) is 12.1 Å². The molecule has 0 fully saturated rings. The Hall–Kier alpha value is -3.83. The van der Waals surface area contributed by atoms with Gasteiger partial charge in [-0.05, 0) is 49.4 Å². The van der Waals surface area contributed by atoms with Crippen LogP contribution in [0.3, 0.4) is 0 Å². The number of benzene rings is 3. The maximum absolute atomic E-state index is 12.5. The molecule has 162 valence electrons. The molecular weight excluding hydrogens is 452 g/mol. The minimum absolute atomic E-state index is 0.0531. The van der Waals surface area contributed by atoms with E-state index in [1.165, 1.54) is 54.6 Å². The smallest absolute Gasteiger partial charge is 0.270 e. The summed E-state index contributed by atoms with van der Waals surface area (Å²) in [4.78, 5) is 27.3. The molecule has 1 heterocycles. The lowest BCUT2D eigenvalue weighted by Gasteiger charge is -2.09. The fourth-order valence-corrected chi connectivity index (χ4v) is 4.82. The number of carbonyl (C=O) groups is 1. The summed E-state index contributed by atoms with van der Waals surface area (Å²) < 4.78 is 28.0. The van der Waals surface area contributed by atoms with Gasteiger partial charge >= 0.3 is 0 Å². The van der Waals surface area contributed by atoms with Crippen molar-refractivity contribution in [1.29, 1.82) is 0 Å². The summed E-state index contributed by atoms with van der Waals surface area (Å²) in [7, 11) is -3.74. The van der Waals surface area contributed by atoms with Crippen LogP contribution in [-0.2, 0) is 10.0 Å². The number of hydrogen-bond donors (Lipinski definition) is 2. The van der Waals surface area contributed by atoms with Gasteiger partial charge in [0.2, 0.25) is 0 Å². The first-order valence-corrected chi connectivity index (χ1v) is 11.6. The monoisotopic (exact) mass is 468 g/mol. The van der Waals surface area contributed by atoms with Gasteiger partial charge in [-0.25, -0.2) is 13.4 Å². The van der Waals surface area contributed by atoms with Crippen molar-refractivity contribution in [2.45, 2.75) is 11.8 Å². The molecule has 3 aromatic carbocycles. The number of aryl methyl sites for hydroxylation is 1. The Kier molecular flexibility index (Phi) is 5.59. The fourth-order valence-electron chi connectivity index (χ4n) is 2.87. The van der Waals surface area contributed by atoms with E-state index in [0.717, 1.165) is 16.9 Å². The van der Waals surface area contributed by atoms with Gasteiger partial charge in [0, 0.05) is 23.4 Å². The molecule has 4 aromatic rings. The lowest BCUT2D eigenvalue weighted by atomic mass is 10.2. The van der Waals surface area contributed by atoms with Gasteiger partial charge in [0.15, 0.2) is 5.13 Å². The largest absolute Gasteiger partial charge is 0.298 e. The van der Waals surface area contributed by atoms with Crippen molar-refractivity contribution in [2.24, 2.45) is 0 Å². The predicted octanol–water partition coefficient (Wildman–Crippen LogP) is 4.57. The molecule has 0 radical (unpaired) electrons. The van der Waals surface area contributed by atoms with Crippen LogP contribution in [0.2, 0.25) is 0 Å². The highest BCUT2D eigenvalue weighted by atomic mass is 32.2. The van der Waals surface area contributed by atoms with Crippen molar-refractivity contribution >= 4 is 54.0 Å². The number of non-ortho nitro benzene ring substituents is 1. The van der Waals surface area contributed by atoms with Crippen LogP contribution in [0.25, 0.3) is 10.2 Å². The number of anilines is 2. The summed E-state index contributed by atoms with van der Waals surface area (Å²) in [6.45, 7) is 1.87. The van der Waals surface area contributed by atoms with Gasteiger partial charge in [0.1, 0.15) is 0 Å². The first-order chi connectivity index (χ1) is 15.2. The molecule has 4 rings (SSSR count). The summed E-state index contributed by atoms with van der Waals surface area (Å²) in [5, 5.41) is 13.9. The second kappa shape index (κ2) is 8.36. The van der Waals surface area contributed by atoms with Gasteiger partial charge in [-0.1, -0.05) is 29.0 Å². The molecular formula is C21H16N4O5S2. The number of thiazole rings is 1. The third-order valence-corrected chi connectivity index (χ3v) is 6.86. The highest BCUT2D eigenvalue weighted by molar-refractivity contribution is 7.92. The molecule has 0 aliphatic carbocycles. The zero-order chi connectivity index (χ0) is 22.9. The Morgan fingerprint density at radius 1 is 1.03 bits per heavy atom. The van der Waals surface area contributed by atoms with Crippen molar-refractivity contribution < 1.29 is 18.1 Å². The second-order valence-corrected chi connectivity index (χ2v) is 9.59. The number of amides is 1. The minimum Gasteiger partial charge on any atom is -0.298 e. The maximum Gasteiger partial charge on any atom is 0.270 e. The van der Waals surface area contributed by atoms with E-state index in [9.17, 15) is 23.3 Å². The molecule has 0 saturated carbocycles. The molecule has 1 amide bonds. The molecule has 11 heteroatoms. The molecule has 0 aliphatic rings. The number of nitrogens with zero attached hydrogens (tertiary/aromatic N) is 2. The highest BCUT2D eigenvalue weighted by Crippen LogP contribution is 2.29. The maximum atomic E-state index is 12.5. The fraction of sp³-hybridized carbons (Fsp3) is 0.0476. The molecule has 9 nitrogen and oxygen atoms in total. The molecule has 1 aromatic heterocycles. The van der Waals surface area contributed by atoms with E-state index in [0.29, 0.717) is 26.6 Å². The van der Waals surface area contributed by atoms with E-state index < -0.39 is 20.9 Å². The average Bonchev–Trinajstić information content (AvgIpc) is 3.15. The lowest BCUT2D eigenvalue weighted by molar-refractivity contribution is -0.384. The van der Waals surface area contributed by atoms with Crippen LogP contribution < -0.4 is 10.0 Å². The first kappa shape index (κ1) is 21.4. The molecule has 0 bridgehead atoms. The van der Waals surface area contributed by atoms with Crippen molar-refractivity contribution in [2.75, 3.05) is 10.0 Å². The SMILES string of the molecule is Cc1ccc(S(=O)(=O)Nc2ccc(C(=O)Nc3nc4ccc([N+](=O)[O-])cc4s3)cc2)cc1. The number of fused-ring (bicyclic) bond motifs is 1. The summed E-state index contributed by atoms with van der Waals surface area (Å²) in [6.07, 6.45) is 0. The summed E-state index contributed by atoms with van der Waals surface area (Å²) in [5.74, 6) is -0.438. The van der Waals surface area contributed by atoms with Crippen LogP contribution in [0.4, 0.5) is 16.5 Å². The Labute approximate surface area is 186 Å². The predicted molar refractivity (Wildman–Crippen MR) is 123 cm³/mol. The van der Waals surface area contributed by atoms with Gasteiger partial charge in [0.25, 0.3) is 21.6 Å². The highest BCUT2D eigenvalue weighted by Gasteiger charge is 2.15. The minimum atomic E-state index is -3.74. The van der Waals surface area contributed by atoms with Gasteiger partial charge in [-0.3, -0.25) is 24.9 Å². The van der Waals surface area contributed by atoms with E-state index in [2.05, 4.69) is 15.0 Å². The normalized spacial score (nSPS) is 11.3. The third-order valence-electron chi connectivity index (χ3n) is 4.53. The topological polar surface area (TPSA) is 131 Å². The first-order valence-electron chi connectivity index (χ1n) is 9.27. The molecule has 2 N–H and O–H groups in total. The Morgan fingerprint density at radius 3 is 2.38 bits per heavy atom. The Morgan fingerprint density at radius 2 is 1.72 bits per heavy atom. The third kappa shape index (κ3) is 4.58. The van der Waals surface area contributed by atoms with Crippen LogP contribution in [0.1, 0.15) is 15.9 Å². The number of carbonyl (C=O) groups excluding carboxylic acids is 1. The van der Waals surface area contributed by atoms with Gasteiger partial charge in [-0.15, -0.1) is 0 Å². The number of sulfonamides is 1. The van der Waals surface area contributed by atoms with Crippen molar-refractivity contribution in [3.63, 3.8) is 0 Å². The molecule has 0 spiro atoms. The van der Waals surface area contributed by atoms with Crippen molar-refractivity contribution in [3.05, 3.63) is 88.0 Å². The lowest BCUT2D eigenvalue weighted by Crippen LogP contribution is -2.14. The number of nitrogens with one attached hydrogen (secondary N) is 2. The van der Waals surface area contributed by atoms with E-state index in [4.69, 9.17) is 0 Å².